The van der Waals surface area contributed by atoms with E-state index in [0.29, 0.717) is 5.56 Å². The van der Waals surface area contributed by atoms with Crippen LogP contribution in [-0.4, -0.2) is 36.2 Å². The summed E-state index contributed by atoms with van der Waals surface area (Å²) < 4.78 is 26.9. The SMILES string of the molecule is Cc1cc(C)nc(NNC(=O)[C@@H](N=C2NS(=O)(=O)c3ccccc32)C(C)C)n1. The molecule has 1 atom stereocenters. The summed E-state index contributed by atoms with van der Waals surface area (Å²) in [5.74, 6) is -0.166. The number of amidine groups is 1. The lowest BCUT2D eigenvalue weighted by Crippen LogP contribution is -2.41. The molecule has 2 aromatic rings. The number of nitrogens with one attached hydrogen (secondary N) is 3. The first kappa shape index (κ1) is 19.7. The van der Waals surface area contributed by atoms with E-state index in [1.807, 2.05) is 33.8 Å². The highest BCUT2D eigenvalue weighted by Gasteiger charge is 2.32. The van der Waals surface area contributed by atoms with Gasteiger partial charge in [-0.05, 0) is 38.0 Å². The van der Waals surface area contributed by atoms with Crippen molar-refractivity contribution in [3.8, 4) is 0 Å². The standard InChI is InChI=1S/C18H22N6O3S/c1-10(2)15(17(25)22-23-18-19-11(3)9-12(4)20-18)21-16-13-7-5-6-8-14(13)28(26,27)24-16/h5-10,15H,1-4H3,(H,21,24)(H,22,25)(H,19,20,23)/t15-/m0/s1. The molecule has 0 saturated carbocycles. The van der Waals surface area contributed by atoms with E-state index in [-0.39, 0.29) is 22.6 Å². The Hall–Kier alpha value is -3.01. The molecule has 9 nitrogen and oxygen atoms in total. The third-order valence-corrected chi connectivity index (χ3v) is 5.51. The number of hydrogen-bond donors (Lipinski definition) is 3. The first-order chi connectivity index (χ1) is 13.2. The Morgan fingerprint density at radius 3 is 2.43 bits per heavy atom. The average Bonchev–Trinajstić information content (AvgIpc) is 2.87. The zero-order valence-corrected chi connectivity index (χ0v) is 16.8. The molecule has 2 heterocycles. The molecule has 0 fully saturated rings. The van der Waals surface area contributed by atoms with Gasteiger partial charge in [0.2, 0.25) is 5.95 Å². The summed E-state index contributed by atoms with van der Waals surface area (Å²) in [6, 6.07) is 7.52. The van der Waals surface area contributed by atoms with Crippen LogP contribution < -0.4 is 15.6 Å². The smallest absolute Gasteiger partial charge is 0.263 e. The van der Waals surface area contributed by atoms with Gasteiger partial charge in [-0.15, -0.1) is 0 Å². The summed E-state index contributed by atoms with van der Waals surface area (Å²) >= 11 is 0. The molecule has 0 spiro atoms. The van der Waals surface area contributed by atoms with Crippen molar-refractivity contribution in [3.63, 3.8) is 0 Å². The van der Waals surface area contributed by atoms with Gasteiger partial charge in [0.1, 0.15) is 11.9 Å². The van der Waals surface area contributed by atoms with Crippen LogP contribution in [0.4, 0.5) is 5.95 Å². The van der Waals surface area contributed by atoms with Crippen molar-refractivity contribution in [2.45, 2.75) is 38.6 Å². The second-order valence-corrected chi connectivity index (χ2v) is 8.51. The minimum Gasteiger partial charge on any atom is -0.271 e. The lowest BCUT2D eigenvalue weighted by Gasteiger charge is -2.17. The maximum Gasteiger partial charge on any atom is 0.263 e. The summed E-state index contributed by atoms with van der Waals surface area (Å²) in [6.07, 6.45) is 0. The highest BCUT2D eigenvalue weighted by atomic mass is 32.2. The summed E-state index contributed by atoms with van der Waals surface area (Å²) in [5, 5.41) is 0. The molecule has 0 radical (unpaired) electrons. The highest BCUT2D eigenvalue weighted by Crippen LogP contribution is 2.23. The molecule has 3 rings (SSSR count). The number of rotatable bonds is 5. The lowest BCUT2D eigenvalue weighted by molar-refractivity contribution is -0.122. The van der Waals surface area contributed by atoms with E-state index in [1.54, 1.807) is 18.2 Å². The van der Waals surface area contributed by atoms with Gasteiger partial charge in [0, 0.05) is 17.0 Å². The summed E-state index contributed by atoms with van der Waals surface area (Å²) in [5.41, 5.74) is 7.23. The molecule has 0 saturated heterocycles. The van der Waals surface area contributed by atoms with Crippen molar-refractivity contribution in [3.05, 3.63) is 47.3 Å². The molecule has 1 aromatic heterocycles. The topological polar surface area (TPSA) is 125 Å². The maximum absolute atomic E-state index is 12.7. The van der Waals surface area contributed by atoms with Crippen molar-refractivity contribution >= 4 is 27.7 Å². The Kier molecular flexibility index (Phi) is 5.32. The molecule has 0 bridgehead atoms. The molecule has 1 amide bonds. The molecule has 1 aromatic carbocycles. The van der Waals surface area contributed by atoms with E-state index in [1.165, 1.54) is 6.07 Å². The Bertz CT molecular complexity index is 1030. The van der Waals surface area contributed by atoms with Gasteiger partial charge < -0.3 is 0 Å². The van der Waals surface area contributed by atoms with E-state index < -0.39 is 22.0 Å². The number of hydrogen-bond acceptors (Lipinski definition) is 7. The third-order valence-electron chi connectivity index (χ3n) is 4.11. The van der Waals surface area contributed by atoms with Crippen LogP contribution in [0.2, 0.25) is 0 Å². The third kappa shape index (κ3) is 4.11. The van der Waals surface area contributed by atoms with E-state index in [4.69, 9.17) is 0 Å². The molecular formula is C18H22N6O3S. The number of benzene rings is 1. The summed E-state index contributed by atoms with van der Waals surface area (Å²) in [4.78, 5) is 25.6. The largest absolute Gasteiger partial charge is 0.271 e. The predicted octanol–water partition coefficient (Wildman–Crippen LogP) is 1.30. The van der Waals surface area contributed by atoms with Gasteiger partial charge in [-0.25, -0.2) is 18.4 Å². The molecule has 0 aliphatic carbocycles. The Labute approximate surface area is 163 Å². The fourth-order valence-corrected chi connectivity index (χ4v) is 4.09. The second kappa shape index (κ2) is 7.55. The molecule has 28 heavy (non-hydrogen) atoms. The first-order valence-corrected chi connectivity index (χ1v) is 10.2. The molecule has 10 heteroatoms. The minimum atomic E-state index is -3.66. The molecule has 1 aliphatic heterocycles. The van der Waals surface area contributed by atoms with E-state index in [9.17, 15) is 13.2 Å². The number of sulfonamides is 1. The number of fused-ring (bicyclic) bond motifs is 1. The Balaban J connectivity index is 1.82. The van der Waals surface area contributed by atoms with Crippen LogP contribution in [0.25, 0.3) is 0 Å². The summed E-state index contributed by atoms with van der Waals surface area (Å²) in [7, 11) is -3.66. The van der Waals surface area contributed by atoms with Gasteiger partial charge in [0.15, 0.2) is 0 Å². The number of nitrogens with zero attached hydrogens (tertiary/aromatic N) is 3. The monoisotopic (exact) mass is 402 g/mol. The zero-order valence-electron chi connectivity index (χ0n) is 16.0. The number of aryl methyl sites for hydroxylation is 2. The van der Waals surface area contributed by atoms with E-state index in [2.05, 4.69) is 30.5 Å². The molecular weight excluding hydrogens is 380 g/mol. The van der Waals surface area contributed by atoms with Crippen molar-refractivity contribution in [1.82, 2.24) is 20.1 Å². The highest BCUT2D eigenvalue weighted by molar-refractivity contribution is 7.90. The van der Waals surface area contributed by atoms with Crippen LogP contribution in [0, 0.1) is 19.8 Å². The van der Waals surface area contributed by atoms with Gasteiger partial charge in [0.05, 0.1) is 4.90 Å². The van der Waals surface area contributed by atoms with Gasteiger partial charge in [-0.2, -0.15) is 0 Å². The minimum absolute atomic E-state index is 0.151. The van der Waals surface area contributed by atoms with Gasteiger partial charge in [-0.1, -0.05) is 26.0 Å². The average molecular weight is 402 g/mol. The first-order valence-electron chi connectivity index (χ1n) is 8.75. The number of carbonyl (C=O) groups excluding carboxylic acids is 1. The number of aromatic nitrogens is 2. The zero-order chi connectivity index (χ0) is 20.5. The van der Waals surface area contributed by atoms with Crippen molar-refractivity contribution < 1.29 is 13.2 Å². The number of anilines is 1. The van der Waals surface area contributed by atoms with Gasteiger partial charge >= 0.3 is 0 Å². The van der Waals surface area contributed by atoms with Crippen LogP contribution in [-0.2, 0) is 14.8 Å². The molecule has 1 aliphatic rings. The van der Waals surface area contributed by atoms with Crippen LogP contribution in [0.3, 0.4) is 0 Å². The summed E-state index contributed by atoms with van der Waals surface area (Å²) in [6.45, 7) is 7.32. The normalized spacial score (nSPS) is 17.1. The quantitative estimate of drug-likeness (QED) is 0.647. The van der Waals surface area contributed by atoms with E-state index in [0.717, 1.165) is 11.4 Å². The van der Waals surface area contributed by atoms with Crippen molar-refractivity contribution in [2.75, 3.05) is 5.43 Å². The van der Waals surface area contributed by atoms with Crippen molar-refractivity contribution in [2.24, 2.45) is 10.9 Å². The second-order valence-electron chi connectivity index (χ2n) is 6.86. The number of amides is 1. The molecule has 0 unspecified atom stereocenters. The van der Waals surface area contributed by atoms with Crippen LogP contribution in [0.1, 0.15) is 30.8 Å². The Morgan fingerprint density at radius 2 is 1.79 bits per heavy atom. The molecule has 148 valence electrons. The maximum atomic E-state index is 12.7. The van der Waals surface area contributed by atoms with Crippen LogP contribution >= 0.6 is 0 Å². The van der Waals surface area contributed by atoms with Crippen LogP contribution in [0.5, 0.6) is 0 Å². The Morgan fingerprint density at radius 1 is 1.14 bits per heavy atom. The lowest BCUT2D eigenvalue weighted by atomic mass is 10.0. The van der Waals surface area contributed by atoms with Crippen molar-refractivity contribution in [1.29, 1.82) is 0 Å². The fraction of sp³-hybridized carbons (Fsp3) is 0.333. The fourth-order valence-electron chi connectivity index (χ4n) is 2.85. The number of aliphatic imine (C=N–C) groups is 1. The van der Waals surface area contributed by atoms with Gasteiger partial charge in [0.25, 0.3) is 15.9 Å². The van der Waals surface area contributed by atoms with Gasteiger partial charge in [-0.3, -0.25) is 25.4 Å². The number of hydrazine groups is 1. The van der Waals surface area contributed by atoms with Crippen LogP contribution in [0.15, 0.2) is 40.2 Å². The van der Waals surface area contributed by atoms with E-state index >= 15 is 0 Å². The molecule has 3 N–H and O–H groups in total. The predicted molar refractivity (Wildman–Crippen MR) is 105 cm³/mol. The number of carbonyl (C=O) groups is 1.